The minimum atomic E-state index is -2.63. The molecule has 11 heteroatoms. The molecular weight excluding hydrogens is 305 g/mol. The van der Waals surface area contributed by atoms with Gasteiger partial charge in [-0.3, -0.25) is 14.3 Å². The Morgan fingerprint density at radius 1 is 1.50 bits per heavy atom. The van der Waals surface area contributed by atoms with Crippen molar-refractivity contribution in [2.24, 2.45) is 0 Å². The largest absolute Gasteiger partial charge is 0.394 e. The van der Waals surface area contributed by atoms with E-state index >= 15 is 0 Å². The third-order valence-corrected chi connectivity index (χ3v) is 3.40. The van der Waals surface area contributed by atoms with E-state index in [0.29, 0.717) is 10.8 Å². The van der Waals surface area contributed by atoms with Gasteiger partial charge in [-0.05, 0) is 0 Å². The average Bonchev–Trinajstić information content (AvgIpc) is 2.49. The highest BCUT2D eigenvalue weighted by Gasteiger charge is 2.56. The molecule has 1 aromatic rings. The maximum Gasteiger partial charge on any atom is 0.330 e. The van der Waals surface area contributed by atoms with Crippen LogP contribution in [0.4, 0.5) is 4.39 Å². The third kappa shape index (κ3) is 2.32. The Hall–Kier alpha value is -2.10. The first-order valence-electron chi connectivity index (χ1n) is 6.03. The number of aromatic nitrogens is 2. The van der Waals surface area contributed by atoms with Crippen LogP contribution in [0.5, 0.6) is 0 Å². The lowest BCUT2D eigenvalue weighted by Gasteiger charge is -2.44. The second kappa shape index (κ2) is 5.59. The molecule has 10 nitrogen and oxygen atoms in total. The zero-order valence-corrected chi connectivity index (χ0v) is 10.9. The van der Waals surface area contributed by atoms with E-state index in [2.05, 4.69) is 0 Å². The summed E-state index contributed by atoms with van der Waals surface area (Å²) < 4.78 is 18.7. The maximum absolute atomic E-state index is 13.3. The number of ether oxygens (including phenoxy) is 1. The molecule has 2 rings (SSSR count). The van der Waals surface area contributed by atoms with E-state index in [1.54, 1.807) is 4.98 Å². The molecule has 0 unspecified atom stereocenters. The van der Waals surface area contributed by atoms with Crippen molar-refractivity contribution in [3.8, 4) is 6.07 Å². The summed E-state index contributed by atoms with van der Waals surface area (Å²) in [5.41, 5.74) is -5.07. The molecular formula is C11H12FN3O7. The molecule has 120 valence electrons. The Bertz CT molecular complexity index is 722. The predicted molar refractivity (Wildman–Crippen MR) is 64.9 cm³/mol. The number of aliphatic hydroxyl groups excluding tert-OH is 3. The van der Waals surface area contributed by atoms with Crippen LogP contribution in [0.2, 0.25) is 0 Å². The number of hydrogen-bond donors (Lipinski definition) is 5. The van der Waals surface area contributed by atoms with Crippen LogP contribution in [-0.2, 0) is 4.74 Å². The SMILES string of the molecule is N#C[C@]1(O)[C@H](O)[C@H](O)[C@@H](n2cc(F)c(=O)[nH]c2=O)O[C@@H]1CO. The normalized spacial score (nSPS) is 35.1. The summed E-state index contributed by atoms with van der Waals surface area (Å²) in [5, 5.41) is 47.7. The van der Waals surface area contributed by atoms with Crippen molar-refractivity contribution in [2.75, 3.05) is 6.61 Å². The zero-order valence-electron chi connectivity index (χ0n) is 10.9. The summed E-state index contributed by atoms with van der Waals surface area (Å²) in [6, 6.07) is 1.31. The van der Waals surface area contributed by atoms with Crippen molar-refractivity contribution in [1.29, 1.82) is 5.26 Å². The summed E-state index contributed by atoms with van der Waals surface area (Å²) in [6.07, 6.45) is -7.10. The van der Waals surface area contributed by atoms with Gasteiger partial charge in [-0.15, -0.1) is 0 Å². The number of halogens is 1. The first-order chi connectivity index (χ1) is 10.3. The molecule has 5 atom stereocenters. The quantitative estimate of drug-likeness (QED) is 0.351. The fraction of sp³-hybridized carbons (Fsp3) is 0.545. The molecule has 0 radical (unpaired) electrons. The number of rotatable bonds is 2. The smallest absolute Gasteiger partial charge is 0.330 e. The molecule has 0 spiro atoms. The third-order valence-electron chi connectivity index (χ3n) is 3.40. The van der Waals surface area contributed by atoms with Gasteiger partial charge in [0.05, 0.1) is 12.8 Å². The molecule has 22 heavy (non-hydrogen) atoms. The number of aromatic amines is 1. The highest BCUT2D eigenvalue weighted by Crippen LogP contribution is 2.33. The lowest BCUT2D eigenvalue weighted by atomic mass is 9.85. The molecule has 1 aromatic heterocycles. The molecule has 1 aliphatic rings. The van der Waals surface area contributed by atoms with Crippen molar-refractivity contribution in [2.45, 2.75) is 30.1 Å². The second-order valence-electron chi connectivity index (χ2n) is 4.71. The van der Waals surface area contributed by atoms with Gasteiger partial charge in [0.25, 0.3) is 5.56 Å². The standard InChI is InChI=1S/C11H12FN3O7/c12-4-1-15(10(20)14-8(4)19)9-6(17)7(18)11(21,3-13)5(2-16)22-9/h1,5-7,9,16-18,21H,2H2,(H,14,19,20)/t5-,6+,7-,9+,11-/m1/s1. The lowest BCUT2D eigenvalue weighted by Crippen LogP contribution is -2.65. The van der Waals surface area contributed by atoms with E-state index in [-0.39, 0.29) is 0 Å². The van der Waals surface area contributed by atoms with Gasteiger partial charge >= 0.3 is 5.69 Å². The molecule has 2 heterocycles. The van der Waals surface area contributed by atoms with Crippen LogP contribution in [-0.4, -0.2) is 60.5 Å². The number of nitriles is 1. The summed E-state index contributed by atoms with van der Waals surface area (Å²) in [4.78, 5) is 24.2. The van der Waals surface area contributed by atoms with Crippen LogP contribution in [0.3, 0.4) is 0 Å². The van der Waals surface area contributed by atoms with E-state index in [4.69, 9.17) is 15.1 Å². The lowest BCUT2D eigenvalue weighted by molar-refractivity contribution is -0.276. The average molecular weight is 317 g/mol. The van der Waals surface area contributed by atoms with Gasteiger partial charge in [-0.25, -0.2) is 4.79 Å². The Kier molecular flexibility index (Phi) is 4.14. The van der Waals surface area contributed by atoms with Crippen LogP contribution in [0.25, 0.3) is 0 Å². The number of H-pyrrole nitrogens is 1. The van der Waals surface area contributed by atoms with E-state index in [1.807, 2.05) is 0 Å². The Morgan fingerprint density at radius 3 is 2.68 bits per heavy atom. The highest BCUT2D eigenvalue weighted by molar-refractivity contribution is 5.15. The molecule has 0 bridgehead atoms. The zero-order chi connectivity index (χ0) is 16.7. The number of nitrogens with one attached hydrogen (secondary N) is 1. The van der Waals surface area contributed by atoms with Crippen molar-refractivity contribution >= 4 is 0 Å². The van der Waals surface area contributed by atoms with E-state index in [0.717, 1.165) is 0 Å². The van der Waals surface area contributed by atoms with Crippen LogP contribution < -0.4 is 11.2 Å². The van der Waals surface area contributed by atoms with E-state index < -0.39 is 53.8 Å². The predicted octanol–water partition coefficient (Wildman–Crippen LogP) is -3.46. The molecule has 5 N–H and O–H groups in total. The Balaban J connectivity index is 2.51. The van der Waals surface area contributed by atoms with Gasteiger partial charge in [0.1, 0.15) is 24.4 Å². The Labute approximate surface area is 121 Å². The summed E-state index contributed by atoms with van der Waals surface area (Å²) >= 11 is 0. The molecule has 0 aliphatic carbocycles. The van der Waals surface area contributed by atoms with E-state index in [9.17, 15) is 29.3 Å². The molecule has 0 amide bonds. The molecule has 1 aliphatic heterocycles. The first kappa shape index (κ1) is 16.3. The van der Waals surface area contributed by atoms with Gasteiger partial charge in [-0.2, -0.15) is 9.65 Å². The van der Waals surface area contributed by atoms with Crippen molar-refractivity contribution in [1.82, 2.24) is 9.55 Å². The van der Waals surface area contributed by atoms with Gasteiger partial charge in [0, 0.05) is 0 Å². The second-order valence-corrected chi connectivity index (χ2v) is 4.71. The fourth-order valence-electron chi connectivity index (χ4n) is 2.16. The monoisotopic (exact) mass is 317 g/mol. The van der Waals surface area contributed by atoms with Crippen molar-refractivity contribution < 1.29 is 29.6 Å². The van der Waals surface area contributed by atoms with Crippen LogP contribution in [0.15, 0.2) is 15.8 Å². The maximum atomic E-state index is 13.3. The first-order valence-corrected chi connectivity index (χ1v) is 6.03. The fourth-order valence-corrected chi connectivity index (χ4v) is 2.16. The Morgan fingerprint density at radius 2 is 2.14 bits per heavy atom. The van der Waals surface area contributed by atoms with E-state index in [1.165, 1.54) is 6.07 Å². The summed E-state index contributed by atoms with van der Waals surface area (Å²) in [5.74, 6) is -1.36. The topological polar surface area (TPSA) is 169 Å². The molecule has 1 saturated heterocycles. The number of hydrogen-bond acceptors (Lipinski definition) is 8. The number of nitrogens with zero attached hydrogens (tertiary/aromatic N) is 2. The molecule has 0 saturated carbocycles. The van der Waals surface area contributed by atoms with Crippen LogP contribution in [0.1, 0.15) is 6.23 Å². The van der Waals surface area contributed by atoms with Crippen LogP contribution in [0, 0.1) is 17.1 Å². The van der Waals surface area contributed by atoms with Crippen molar-refractivity contribution in [3.05, 3.63) is 32.9 Å². The van der Waals surface area contributed by atoms with Gasteiger partial charge < -0.3 is 25.2 Å². The molecule has 0 aromatic carbocycles. The number of aliphatic hydroxyl groups is 4. The molecule has 1 fully saturated rings. The van der Waals surface area contributed by atoms with Crippen molar-refractivity contribution in [3.63, 3.8) is 0 Å². The van der Waals surface area contributed by atoms with Gasteiger partial charge in [0.15, 0.2) is 6.23 Å². The van der Waals surface area contributed by atoms with Crippen LogP contribution >= 0.6 is 0 Å². The minimum absolute atomic E-state index is 0.435. The van der Waals surface area contributed by atoms with Gasteiger partial charge in [0.2, 0.25) is 11.4 Å². The summed E-state index contributed by atoms with van der Waals surface area (Å²) in [7, 11) is 0. The van der Waals surface area contributed by atoms with Gasteiger partial charge in [-0.1, -0.05) is 0 Å². The minimum Gasteiger partial charge on any atom is -0.394 e. The summed E-state index contributed by atoms with van der Waals surface area (Å²) in [6.45, 7) is -0.926. The highest BCUT2D eigenvalue weighted by atomic mass is 19.1.